The first-order chi connectivity index (χ1) is 28.3. The van der Waals surface area contributed by atoms with E-state index >= 15 is 0 Å². The summed E-state index contributed by atoms with van der Waals surface area (Å²) in [6, 6.07) is 2.62. The van der Waals surface area contributed by atoms with Gasteiger partial charge in [-0.25, -0.2) is 19.2 Å². The Labute approximate surface area is 381 Å². The molecule has 3 heterocycles. The van der Waals surface area contributed by atoms with Crippen LogP contribution in [0.3, 0.4) is 0 Å². The highest BCUT2D eigenvalue weighted by Crippen LogP contribution is 2.42. The number of carbonyl (C=O) groups excluding carboxylic acids is 4. The van der Waals surface area contributed by atoms with Crippen molar-refractivity contribution in [2.45, 2.75) is 232 Å². The standard InChI is InChI=1S/C51H86N4O8/c1-44(2,3)24-32(25-45(4,5)52-18)60-40(56)36-22-38(42(58)62-34-28-48(10,11)54(20)49(12,13)29-34)39(43(59)63-35-30-50(14,15)55(21)51(16,17)31-35)23-37(36)41(57)61-33-26-46(6,7)53(19)47(8,9)27-33/h22-23,32-35,52H,24-31H2,1-21H3. The van der Waals surface area contributed by atoms with E-state index in [1.807, 2.05) is 20.9 Å². The number of carbonyl (C=O) groups is 4. The smallest absolute Gasteiger partial charge is 0.339 e. The number of rotatable bonds is 12. The maximum absolute atomic E-state index is 14.8. The van der Waals surface area contributed by atoms with Gasteiger partial charge < -0.3 is 24.3 Å². The average Bonchev–Trinajstić information content (AvgIpc) is 3.09. The SMILES string of the molecule is CNC(C)(C)CC(CC(C)(C)C)OC(=O)c1cc(C(=O)OC2CC(C)(C)N(C)C(C)(C)C2)c(C(=O)OC2CC(C)(C)N(C)C(C)(C)C2)cc1C(=O)OC1CC(C)(C)N(C)C(C)(C)C1. The summed E-state index contributed by atoms with van der Waals surface area (Å²) in [6.45, 7) is 35.7. The summed E-state index contributed by atoms with van der Waals surface area (Å²) in [7, 11) is 8.09. The van der Waals surface area contributed by atoms with Crippen LogP contribution in [0.25, 0.3) is 0 Å². The van der Waals surface area contributed by atoms with E-state index in [-0.39, 0.29) is 66.4 Å². The molecule has 1 N–H and O–H groups in total. The highest BCUT2D eigenvalue weighted by Gasteiger charge is 2.48. The number of hydrogen-bond acceptors (Lipinski definition) is 12. The lowest BCUT2D eigenvalue weighted by Gasteiger charge is -2.53. The predicted octanol–water partition coefficient (Wildman–Crippen LogP) is 9.46. The second-order valence-corrected chi connectivity index (χ2v) is 24.9. The molecular weight excluding hydrogens is 797 g/mol. The van der Waals surface area contributed by atoms with Crippen LogP contribution in [0.4, 0.5) is 0 Å². The number of ether oxygens (including phenoxy) is 4. The van der Waals surface area contributed by atoms with Crippen LogP contribution in [0, 0.1) is 5.41 Å². The van der Waals surface area contributed by atoms with Gasteiger partial charge in [-0.15, -0.1) is 0 Å². The highest BCUT2D eigenvalue weighted by molar-refractivity contribution is 6.10. The number of nitrogens with one attached hydrogen (secondary N) is 1. The first-order valence-corrected chi connectivity index (χ1v) is 23.3. The van der Waals surface area contributed by atoms with Gasteiger partial charge in [0.05, 0.1) is 22.3 Å². The van der Waals surface area contributed by atoms with Crippen LogP contribution in [0.5, 0.6) is 0 Å². The highest BCUT2D eigenvalue weighted by atomic mass is 16.6. The third-order valence-corrected chi connectivity index (χ3v) is 15.2. The minimum Gasteiger partial charge on any atom is -0.459 e. The number of benzene rings is 1. The molecule has 1 unspecified atom stereocenters. The number of likely N-dealkylation sites (tertiary alicyclic amines) is 3. The predicted molar refractivity (Wildman–Crippen MR) is 251 cm³/mol. The molecular formula is C51H86N4O8. The molecule has 3 saturated heterocycles. The fourth-order valence-corrected chi connectivity index (χ4v) is 10.7. The van der Waals surface area contributed by atoms with Crippen molar-refractivity contribution < 1.29 is 38.1 Å². The molecule has 3 fully saturated rings. The summed E-state index contributed by atoms with van der Waals surface area (Å²) in [6.07, 6.45) is 2.30. The lowest BCUT2D eigenvalue weighted by atomic mass is 9.78. The molecule has 3 aliphatic heterocycles. The molecule has 12 nitrogen and oxygen atoms in total. The van der Waals surface area contributed by atoms with Crippen molar-refractivity contribution in [2.75, 3.05) is 28.2 Å². The van der Waals surface area contributed by atoms with Crippen LogP contribution in [0.15, 0.2) is 12.1 Å². The van der Waals surface area contributed by atoms with Gasteiger partial charge in [0.1, 0.15) is 24.4 Å². The molecule has 12 heteroatoms. The summed E-state index contributed by atoms with van der Waals surface area (Å²) < 4.78 is 25.4. The van der Waals surface area contributed by atoms with Gasteiger partial charge in [0.15, 0.2) is 0 Å². The normalized spacial score (nSPS) is 23.7. The van der Waals surface area contributed by atoms with E-state index < -0.39 is 48.3 Å². The molecule has 0 spiro atoms. The molecule has 0 bridgehead atoms. The molecule has 0 aromatic heterocycles. The molecule has 1 aromatic carbocycles. The first-order valence-electron chi connectivity index (χ1n) is 23.3. The Kier molecular flexibility index (Phi) is 15.0. The van der Waals surface area contributed by atoms with Crippen molar-refractivity contribution >= 4 is 23.9 Å². The van der Waals surface area contributed by atoms with Crippen LogP contribution >= 0.6 is 0 Å². The molecule has 63 heavy (non-hydrogen) atoms. The lowest BCUT2D eigenvalue weighted by Crippen LogP contribution is -2.60. The summed E-state index contributed by atoms with van der Waals surface area (Å²) in [4.78, 5) is 65.9. The third kappa shape index (κ3) is 12.4. The van der Waals surface area contributed by atoms with E-state index in [0.29, 0.717) is 51.4 Å². The van der Waals surface area contributed by atoms with E-state index in [2.05, 4.69) is 145 Å². The van der Waals surface area contributed by atoms with Crippen LogP contribution < -0.4 is 5.32 Å². The zero-order valence-electron chi connectivity index (χ0n) is 43.2. The molecule has 4 rings (SSSR count). The van der Waals surface area contributed by atoms with E-state index in [1.54, 1.807) is 0 Å². The zero-order valence-corrected chi connectivity index (χ0v) is 43.2. The van der Waals surface area contributed by atoms with Crippen LogP contribution in [-0.2, 0) is 18.9 Å². The molecule has 1 atom stereocenters. The van der Waals surface area contributed by atoms with E-state index in [9.17, 15) is 19.2 Å². The van der Waals surface area contributed by atoms with E-state index in [4.69, 9.17) is 18.9 Å². The van der Waals surface area contributed by atoms with Crippen LogP contribution in [0.2, 0.25) is 0 Å². The third-order valence-electron chi connectivity index (χ3n) is 15.2. The maximum atomic E-state index is 14.8. The average molecular weight is 883 g/mol. The van der Waals surface area contributed by atoms with Gasteiger partial charge in [0.2, 0.25) is 0 Å². The lowest BCUT2D eigenvalue weighted by molar-refractivity contribution is -0.0752. The van der Waals surface area contributed by atoms with Gasteiger partial charge in [-0.2, -0.15) is 0 Å². The fraction of sp³-hybridized carbons (Fsp3) is 0.804. The summed E-state index contributed by atoms with van der Waals surface area (Å²) in [5.74, 6) is -3.12. The van der Waals surface area contributed by atoms with E-state index in [0.717, 1.165) is 0 Å². The molecule has 0 radical (unpaired) electrons. The maximum Gasteiger partial charge on any atom is 0.339 e. The number of piperidine rings is 3. The van der Waals surface area contributed by atoms with Crippen molar-refractivity contribution in [3.63, 3.8) is 0 Å². The van der Waals surface area contributed by atoms with Gasteiger partial charge in [-0.3, -0.25) is 14.7 Å². The van der Waals surface area contributed by atoms with Gasteiger partial charge in [0.25, 0.3) is 0 Å². The number of hydrogen-bond donors (Lipinski definition) is 1. The van der Waals surface area contributed by atoms with Crippen molar-refractivity contribution in [1.82, 2.24) is 20.0 Å². The van der Waals surface area contributed by atoms with Crippen molar-refractivity contribution in [3.8, 4) is 0 Å². The van der Waals surface area contributed by atoms with Gasteiger partial charge in [-0.1, -0.05) is 20.8 Å². The molecule has 1 aromatic rings. The Hall–Kier alpha value is -3.06. The van der Waals surface area contributed by atoms with Gasteiger partial charge in [0, 0.05) is 83.7 Å². The largest absolute Gasteiger partial charge is 0.459 e. The molecule has 0 amide bonds. The second-order valence-electron chi connectivity index (χ2n) is 24.9. The van der Waals surface area contributed by atoms with E-state index in [1.165, 1.54) is 12.1 Å². The van der Waals surface area contributed by atoms with Crippen molar-refractivity contribution in [1.29, 1.82) is 0 Å². The minimum atomic E-state index is -0.790. The van der Waals surface area contributed by atoms with Crippen molar-refractivity contribution in [3.05, 3.63) is 34.4 Å². The molecule has 358 valence electrons. The minimum absolute atomic E-state index is 0.156. The molecule has 0 saturated carbocycles. The molecule has 3 aliphatic rings. The first kappa shape index (κ1) is 52.6. The Morgan fingerprint density at radius 2 is 0.778 bits per heavy atom. The number of esters is 4. The zero-order chi connectivity index (χ0) is 48.3. The monoisotopic (exact) mass is 883 g/mol. The Morgan fingerprint density at radius 3 is 1.02 bits per heavy atom. The summed E-state index contributed by atoms with van der Waals surface area (Å²) in [5.41, 5.74) is -3.04. The Morgan fingerprint density at radius 1 is 0.524 bits per heavy atom. The van der Waals surface area contributed by atoms with Gasteiger partial charge in [-0.05, 0) is 149 Å². The Bertz CT molecular complexity index is 1820. The summed E-state index contributed by atoms with van der Waals surface area (Å²) in [5, 5.41) is 3.32. The van der Waals surface area contributed by atoms with Crippen LogP contribution in [-0.4, -0.2) is 130 Å². The fourth-order valence-electron chi connectivity index (χ4n) is 10.7. The summed E-state index contributed by atoms with van der Waals surface area (Å²) >= 11 is 0. The van der Waals surface area contributed by atoms with Crippen molar-refractivity contribution in [2.24, 2.45) is 5.41 Å². The van der Waals surface area contributed by atoms with Crippen LogP contribution in [0.1, 0.15) is 211 Å². The molecule has 0 aliphatic carbocycles. The quantitative estimate of drug-likeness (QED) is 0.159. The number of nitrogens with zero attached hydrogens (tertiary/aromatic N) is 3. The van der Waals surface area contributed by atoms with Gasteiger partial charge >= 0.3 is 23.9 Å². The second kappa shape index (κ2) is 18.0. The Balaban J connectivity index is 1.91. The topological polar surface area (TPSA) is 127 Å².